The van der Waals surface area contributed by atoms with Gasteiger partial charge in [-0.1, -0.05) is 0 Å². The van der Waals surface area contributed by atoms with E-state index in [0.29, 0.717) is 35.5 Å². The third-order valence-electron chi connectivity index (χ3n) is 11.4. The molecule has 0 unspecified atom stereocenters. The van der Waals surface area contributed by atoms with Crippen LogP contribution < -0.4 is 22.2 Å². The van der Waals surface area contributed by atoms with Crippen molar-refractivity contribution in [2.75, 3.05) is 0 Å². The van der Waals surface area contributed by atoms with E-state index >= 15 is 0 Å². The van der Waals surface area contributed by atoms with E-state index in [2.05, 4.69) is 210 Å². The van der Waals surface area contributed by atoms with Crippen LogP contribution in [0.25, 0.3) is 22.3 Å². The first-order valence-corrected chi connectivity index (χ1v) is 26.5. The van der Waals surface area contributed by atoms with Crippen molar-refractivity contribution in [3.8, 4) is 22.3 Å². The molecule has 0 nitrogen and oxygen atoms in total. The molecular weight excluding hydrogens is 887 g/mol. The van der Waals surface area contributed by atoms with Crippen molar-refractivity contribution in [2.45, 2.75) is 119 Å². The van der Waals surface area contributed by atoms with Crippen molar-refractivity contribution in [1.82, 2.24) is 0 Å². The normalized spacial score (nSPS) is 12.1. The third-order valence-corrected chi connectivity index (χ3v) is 21.0. The van der Waals surface area contributed by atoms with Gasteiger partial charge in [-0.25, -0.2) is 0 Å². The second-order valence-electron chi connectivity index (χ2n) is 17.6. The van der Waals surface area contributed by atoms with Crippen LogP contribution in [0.5, 0.6) is 0 Å². The van der Waals surface area contributed by atoms with Crippen molar-refractivity contribution in [1.29, 1.82) is 0 Å². The van der Waals surface area contributed by atoms with Gasteiger partial charge in [-0.3, -0.25) is 0 Å². The average Bonchev–Trinajstić information content (AvgIpc) is 3.18. The predicted octanol–water partition coefficient (Wildman–Crippen LogP) is 12.9. The van der Waals surface area contributed by atoms with E-state index in [1.165, 1.54) is 66.2 Å². The molecule has 6 rings (SSSR count). The molecular formula is C54H64PPb+. The van der Waals surface area contributed by atoms with Crippen molar-refractivity contribution in [2.24, 2.45) is 0 Å². The Morgan fingerprint density at radius 3 is 1.09 bits per heavy atom. The summed E-state index contributed by atoms with van der Waals surface area (Å²) in [6, 6.07) is 49.9. The summed E-state index contributed by atoms with van der Waals surface area (Å²) < 4.78 is 3.26. The van der Waals surface area contributed by atoms with Gasteiger partial charge in [-0.05, 0) is 0 Å². The molecule has 6 aromatic carbocycles. The molecule has 0 bridgehead atoms. The fourth-order valence-corrected chi connectivity index (χ4v) is 18.2. The molecule has 0 amide bonds. The molecule has 6 aromatic rings. The van der Waals surface area contributed by atoms with E-state index in [-0.39, 0.29) is 0 Å². The summed E-state index contributed by atoms with van der Waals surface area (Å²) in [5.74, 6) is 2.60. The average molecular weight is 951 g/mol. The van der Waals surface area contributed by atoms with Gasteiger partial charge in [0.25, 0.3) is 0 Å². The van der Waals surface area contributed by atoms with Crippen LogP contribution in [0.1, 0.15) is 152 Å². The Morgan fingerprint density at radius 1 is 0.375 bits per heavy atom. The van der Waals surface area contributed by atoms with Crippen LogP contribution in [0.3, 0.4) is 0 Å². The Balaban J connectivity index is 1.74. The summed E-state index contributed by atoms with van der Waals surface area (Å²) in [4.78, 5) is 0. The molecule has 0 aliphatic rings. The van der Waals surface area contributed by atoms with Crippen LogP contribution in [0, 0.1) is 0 Å². The van der Waals surface area contributed by atoms with Crippen LogP contribution in [0.2, 0.25) is 0 Å². The zero-order valence-corrected chi connectivity index (χ0v) is 41.0. The van der Waals surface area contributed by atoms with Gasteiger partial charge >= 0.3 is 356 Å². The van der Waals surface area contributed by atoms with Crippen molar-refractivity contribution >= 4 is 54.3 Å². The molecule has 0 saturated heterocycles. The Hall–Kier alpha value is -3.33. The van der Waals surface area contributed by atoms with Gasteiger partial charge in [0.05, 0.1) is 0 Å². The van der Waals surface area contributed by atoms with Crippen molar-refractivity contribution < 1.29 is 0 Å². The van der Waals surface area contributed by atoms with Gasteiger partial charge in [-0.2, -0.15) is 0 Å². The van der Waals surface area contributed by atoms with Crippen molar-refractivity contribution in [3.63, 3.8) is 0 Å². The topological polar surface area (TPSA) is 0 Å². The minimum atomic E-state index is -1.81. The van der Waals surface area contributed by atoms with Crippen LogP contribution in [0.4, 0.5) is 0 Å². The van der Waals surface area contributed by atoms with E-state index in [0.717, 1.165) is 0 Å². The fourth-order valence-electron chi connectivity index (χ4n) is 8.27. The molecule has 0 N–H and O–H groups in total. The predicted molar refractivity (Wildman–Crippen MR) is 253 cm³/mol. The molecule has 0 heterocycles. The van der Waals surface area contributed by atoms with Crippen molar-refractivity contribution in [3.05, 3.63) is 161 Å². The van der Waals surface area contributed by atoms with Gasteiger partial charge in [0.15, 0.2) is 0 Å². The van der Waals surface area contributed by atoms with E-state index < -0.39 is 32.2 Å². The SMILES string of the molecule is CC(C)c1cc(C(C)C)c(-c2cccc(-c3c(C(C)C)cc(C(C)C)cc3C(C)C)[c]2[Pb][c]2ccccc2[PH+](c2ccccc2)c2ccccc2)c(C(C)C)c1. The number of hydrogen-bond acceptors (Lipinski definition) is 0. The maximum atomic E-state index is 2.55. The molecule has 0 fully saturated rings. The van der Waals surface area contributed by atoms with Gasteiger partial charge in [0, 0.05) is 0 Å². The summed E-state index contributed by atoms with van der Waals surface area (Å²) in [5, 5.41) is 4.47. The summed E-state index contributed by atoms with van der Waals surface area (Å²) in [5.41, 5.74) is 14.9. The first-order valence-electron chi connectivity index (χ1n) is 21.1. The van der Waals surface area contributed by atoms with Crippen LogP contribution in [-0.4, -0.2) is 24.2 Å². The molecule has 0 aliphatic heterocycles. The van der Waals surface area contributed by atoms with Crippen LogP contribution in [0.15, 0.2) is 127 Å². The monoisotopic (exact) mass is 951 g/mol. The Labute approximate surface area is 353 Å². The molecule has 0 spiro atoms. The van der Waals surface area contributed by atoms with E-state index in [4.69, 9.17) is 0 Å². The Morgan fingerprint density at radius 2 is 0.732 bits per heavy atom. The Kier molecular flexibility index (Phi) is 14.0. The van der Waals surface area contributed by atoms with Crippen LogP contribution in [-0.2, 0) is 0 Å². The van der Waals surface area contributed by atoms with E-state index in [9.17, 15) is 0 Å². The first kappa shape index (κ1) is 42.3. The molecule has 0 aromatic heterocycles. The third kappa shape index (κ3) is 9.03. The zero-order chi connectivity index (χ0) is 40.3. The second kappa shape index (κ2) is 18.5. The summed E-state index contributed by atoms with van der Waals surface area (Å²) in [6.07, 6.45) is 0. The molecule has 2 heteroatoms. The van der Waals surface area contributed by atoms with E-state index in [1.54, 1.807) is 11.5 Å². The fraction of sp³-hybridized carbons (Fsp3) is 0.333. The second-order valence-corrected chi connectivity index (χ2v) is 25.0. The number of hydrogen-bond donors (Lipinski definition) is 0. The molecule has 56 heavy (non-hydrogen) atoms. The Bertz CT molecular complexity index is 2050. The van der Waals surface area contributed by atoms with Gasteiger partial charge < -0.3 is 0 Å². The van der Waals surface area contributed by atoms with E-state index in [1.807, 2.05) is 0 Å². The molecule has 0 saturated carbocycles. The number of benzene rings is 6. The number of rotatable bonds is 13. The van der Waals surface area contributed by atoms with Crippen LogP contribution >= 0.6 is 7.92 Å². The zero-order valence-electron chi connectivity index (χ0n) is 36.1. The summed E-state index contributed by atoms with van der Waals surface area (Å²) in [7, 11) is -1.25. The molecule has 2 radical (unpaired) electrons. The van der Waals surface area contributed by atoms with Gasteiger partial charge in [0.1, 0.15) is 0 Å². The first-order chi connectivity index (χ1) is 26.8. The maximum absolute atomic E-state index is 2.55. The standard InChI is InChI=1S/C36H49.C18H14P.Pb/c1-21(2)29-17-31(23(5)6)35(32(18-29)24(7)8)27-14-13-15-28(16-27)36-33(25(9)10)19-30(22(3)4)20-34(36)26(11)12;1-4-10-16(11-5-1)19(17-12-6-2-7-13-17)18-14-8-3-9-15-18;/h13-15,17-26H,1-12H3;1-14H;/p+1. The quantitative estimate of drug-likeness (QED) is 0.0799. The summed E-state index contributed by atoms with van der Waals surface area (Å²) in [6.45, 7) is 28.6. The molecule has 0 atom stereocenters. The van der Waals surface area contributed by atoms with Gasteiger partial charge in [-0.15, -0.1) is 0 Å². The van der Waals surface area contributed by atoms with Gasteiger partial charge in [0.2, 0.25) is 0 Å². The summed E-state index contributed by atoms with van der Waals surface area (Å²) >= 11 is -1.81. The molecule has 288 valence electrons. The minimum absolute atomic E-state index is 0.409. The molecule has 0 aliphatic carbocycles.